The lowest BCUT2D eigenvalue weighted by Crippen LogP contribution is -2.18. The maximum absolute atomic E-state index is 5.69. The number of thioether (sulfide) groups is 1. The zero-order valence-corrected chi connectivity index (χ0v) is 11.7. The predicted octanol–water partition coefficient (Wildman–Crippen LogP) is 2.58. The van der Waals surface area contributed by atoms with E-state index in [2.05, 4.69) is 38.4 Å². The van der Waals surface area contributed by atoms with Crippen molar-refractivity contribution in [3.8, 4) is 5.75 Å². The van der Waals surface area contributed by atoms with Crippen molar-refractivity contribution in [2.75, 3.05) is 18.9 Å². The average Bonchev–Trinajstić information content (AvgIpc) is 2.95. The zero-order valence-electron chi connectivity index (χ0n) is 9.33. The van der Waals surface area contributed by atoms with Crippen molar-refractivity contribution < 1.29 is 4.74 Å². The highest BCUT2D eigenvalue weighted by Crippen LogP contribution is 2.33. The molecule has 0 bridgehead atoms. The fourth-order valence-corrected chi connectivity index (χ4v) is 3.38. The van der Waals surface area contributed by atoms with E-state index in [0.717, 1.165) is 47.3 Å². The summed E-state index contributed by atoms with van der Waals surface area (Å²) < 4.78 is 6.82. The second-order valence-corrected chi connectivity index (χ2v) is 6.04. The Balaban J connectivity index is 1.78. The van der Waals surface area contributed by atoms with E-state index in [1.165, 1.54) is 11.1 Å². The smallest absolute Gasteiger partial charge is 0.156 e. The van der Waals surface area contributed by atoms with Crippen molar-refractivity contribution in [2.24, 2.45) is 4.99 Å². The van der Waals surface area contributed by atoms with Gasteiger partial charge in [-0.25, -0.2) is 0 Å². The van der Waals surface area contributed by atoms with Crippen molar-refractivity contribution in [3.63, 3.8) is 0 Å². The number of ether oxygens (including phenoxy) is 1. The van der Waals surface area contributed by atoms with Gasteiger partial charge in [-0.05, 0) is 17.7 Å². The molecule has 2 heterocycles. The Hall–Kier alpha value is -0.680. The fourth-order valence-electron chi connectivity index (χ4n) is 2.09. The Morgan fingerprint density at radius 1 is 1.47 bits per heavy atom. The van der Waals surface area contributed by atoms with Gasteiger partial charge < -0.3 is 10.1 Å². The van der Waals surface area contributed by atoms with E-state index in [-0.39, 0.29) is 0 Å². The van der Waals surface area contributed by atoms with Gasteiger partial charge in [0.25, 0.3) is 0 Å². The second-order valence-electron chi connectivity index (χ2n) is 4.04. The minimum Gasteiger partial charge on any atom is -0.493 e. The van der Waals surface area contributed by atoms with Crippen LogP contribution in [0.5, 0.6) is 5.75 Å². The summed E-state index contributed by atoms with van der Waals surface area (Å²) in [6.07, 6.45) is 1.01. The topological polar surface area (TPSA) is 33.6 Å². The van der Waals surface area contributed by atoms with Gasteiger partial charge in [0.05, 0.1) is 13.2 Å². The highest BCUT2D eigenvalue weighted by molar-refractivity contribution is 9.10. The largest absolute Gasteiger partial charge is 0.493 e. The quantitative estimate of drug-likeness (QED) is 0.911. The lowest BCUT2D eigenvalue weighted by atomic mass is 10.1. The average molecular weight is 313 g/mol. The third-order valence-corrected chi connectivity index (χ3v) is 4.23. The van der Waals surface area contributed by atoms with Crippen LogP contribution in [0.1, 0.15) is 11.1 Å². The van der Waals surface area contributed by atoms with E-state index in [1.807, 2.05) is 0 Å². The normalized spacial score (nSPS) is 17.6. The molecule has 0 aliphatic carbocycles. The molecule has 0 fully saturated rings. The van der Waals surface area contributed by atoms with Crippen LogP contribution in [0.4, 0.5) is 0 Å². The van der Waals surface area contributed by atoms with Gasteiger partial charge >= 0.3 is 0 Å². The predicted molar refractivity (Wildman–Crippen MR) is 74.9 cm³/mol. The van der Waals surface area contributed by atoms with Crippen molar-refractivity contribution in [2.45, 2.75) is 13.0 Å². The molecule has 0 atom stereocenters. The highest BCUT2D eigenvalue weighted by atomic mass is 79.9. The lowest BCUT2D eigenvalue weighted by molar-refractivity contribution is 0.353. The van der Waals surface area contributed by atoms with Crippen molar-refractivity contribution in [1.29, 1.82) is 0 Å². The van der Waals surface area contributed by atoms with Gasteiger partial charge in [0, 0.05) is 28.8 Å². The van der Waals surface area contributed by atoms with E-state index in [1.54, 1.807) is 11.8 Å². The molecule has 2 aliphatic heterocycles. The molecule has 5 heteroatoms. The number of hydrogen-bond donors (Lipinski definition) is 1. The number of rotatable bonds is 2. The fraction of sp³-hybridized carbons (Fsp3) is 0.417. The molecule has 1 aromatic rings. The summed E-state index contributed by atoms with van der Waals surface area (Å²) >= 11 is 5.34. The summed E-state index contributed by atoms with van der Waals surface area (Å²) in [4.78, 5) is 4.38. The van der Waals surface area contributed by atoms with Crippen LogP contribution in [-0.4, -0.2) is 24.1 Å². The highest BCUT2D eigenvalue weighted by Gasteiger charge is 2.17. The molecule has 1 N–H and O–H groups in total. The molecule has 17 heavy (non-hydrogen) atoms. The molecule has 0 amide bonds. The molecule has 0 radical (unpaired) electrons. The molecule has 1 aromatic carbocycles. The molecular weight excluding hydrogens is 300 g/mol. The van der Waals surface area contributed by atoms with Crippen LogP contribution >= 0.6 is 27.7 Å². The van der Waals surface area contributed by atoms with Crippen LogP contribution in [0.15, 0.2) is 21.6 Å². The number of nitrogens with one attached hydrogen (secondary N) is 1. The molecule has 0 aromatic heterocycles. The number of fused-ring (bicyclic) bond motifs is 1. The number of halogens is 1. The van der Waals surface area contributed by atoms with Gasteiger partial charge in [-0.2, -0.15) is 0 Å². The monoisotopic (exact) mass is 312 g/mol. The number of nitrogens with zero attached hydrogens (tertiary/aromatic N) is 1. The summed E-state index contributed by atoms with van der Waals surface area (Å²) in [5.41, 5.74) is 2.51. The standard InChI is InChI=1S/C12H13BrN2OS/c13-10-5-8-1-3-16-11(8)9(6-10)7-15-12-14-2-4-17-12/h5-6H,1-4,7H2,(H,14,15). The van der Waals surface area contributed by atoms with Crippen molar-refractivity contribution in [1.82, 2.24) is 5.32 Å². The summed E-state index contributed by atoms with van der Waals surface area (Å²) in [7, 11) is 0. The Labute approximate surface area is 113 Å². The molecule has 0 spiro atoms. The van der Waals surface area contributed by atoms with Crippen LogP contribution < -0.4 is 10.1 Å². The van der Waals surface area contributed by atoms with Gasteiger partial charge in [0.2, 0.25) is 0 Å². The minimum absolute atomic E-state index is 0.785. The van der Waals surface area contributed by atoms with Crippen LogP contribution in [0.25, 0.3) is 0 Å². The maximum Gasteiger partial charge on any atom is 0.156 e. The second kappa shape index (κ2) is 4.90. The van der Waals surface area contributed by atoms with E-state index in [9.17, 15) is 0 Å². The van der Waals surface area contributed by atoms with Gasteiger partial charge in [0.15, 0.2) is 5.17 Å². The number of aliphatic imine (C=N–C) groups is 1. The van der Waals surface area contributed by atoms with Gasteiger partial charge in [0.1, 0.15) is 5.75 Å². The van der Waals surface area contributed by atoms with E-state index < -0.39 is 0 Å². The first-order valence-corrected chi connectivity index (χ1v) is 7.46. The molecule has 3 rings (SSSR count). The number of benzene rings is 1. The third-order valence-electron chi connectivity index (χ3n) is 2.84. The number of amidine groups is 1. The molecular formula is C12H13BrN2OS. The summed E-state index contributed by atoms with van der Waals surface area (Å²) in [6.45, 7) is 2.52. The zero-order chi connectivity index (χ0) is 11.7. The third kappa shape index (κ3) is 2.45. The molecule has 0 unspecified atom stereocenters. The first-order valence-electron chi connectivity index (χ1n) is 5.68. The first kappa shape index (κ1) is 11.4. The summed E-state index contributed by atoms with van der Waals surface area (Å²) in [5, 5.41) is 4.42. The Morgan fingerprint density at radius 2 is 2.41 bits per heavy atom. The van der Waals surface area contributed by atoms with Gasteiger partial charge in [-0.3, -0.25) is 4.99 Å². The SMILES string of the molecule is Brc1cc2c(c(CNC3=NCCS3)c1)OCC2. The van der Waals surface area contributed by atoms with Crippen LogP contribution in [0.2, 0.25) is 0 Å². The van der Waals surface area contributed by atoms with Crippen LogP contribution in [0, 0.1) is 0 Å². The maximum atomic E-state index is 5.69. The lowest BCUT2D eigenvalue weighted by Gasteiger charge is -2.10. The van der Waals surface area contributed by atoms with Gasteiger partial charge in [-0.1, -0.05) is 27.7 Å². The molecule has 2 aliphatic rings. The van der Waals surface area contributed by atoms with Crippen molar-refractivity contribution >= 4 is 32.9 Å². The molecule has 90 valence electrons. The van der Waals surface area contributed by atoms with E-state index >= 15 is 0 Å². The Kier molecular flexibility index (Phi) is 3.29. The molecule has 0 saturated heterocycles. The molecule has 0 saturated carbocycles. The Morgan fingerprint density at radius 3 is 3.24 bits per heavy atom. The van der Waals surface area contributed by atoms with Crippen molar-refractivity contribution in [3.05, 3.63) is 27.7 Å². The summed E-state index contributed by atoms with van der Waals surface area (Å²) in [6, 6.07) is 4.27. The minimum atomic E-state index is 0.785. The summed E-state index contributed by atoms with van der Waals surface area (Å²) in [5.74, 6) is 2.15. The first-order chi connectivity index (χ1) is 8.33. The molecule has 3 nitrogen and oxygen atoms in total. The Bertz CT molecular complexity index is 476. The van der Waals surface area contributed by atoms with E-state index in [4.69, 9.17) is 4.74 Å². The van der Waals surface area contributed by atoms with E-state index in [0.29, 0.717) is 0 Å². The van der Waals surface area contributed by atoms with Gasteiger partial charge in [-0.15, -0.1) is 0 Å². The van der Waals surface area contributed by atoms with Crippen LogP contribution in [-0.2, 0) is 13.0 Å². The van der Waals surface area contributed by atoms with Crippen LogP contribution in [0.3, 0.4) is 0 Å². The number of hydrogen-bond acceptors (Lipinski definition) is 4.